The number of methoxy groups -OCH3 is 1. The third-order valence-corrected chi connectivity index (χ3v) is 6.55. The molecule has 1 aliphatic rings. The summed E-state index contributed by atoms with van der Waals surface area (Å²) in [6, 6.07) is 0.118. The topological polar surface area (TPSA) is 60.3 Å². The summed E-state index contributed by atoms with van der Waals surface area (Å²) in [6.07, 6.45) is 1.14. The van der Waals surface area contributed by atoms with Crippen molar-refractivity contribution in [1.82, 2.24) is 9.88 Å². The first-order valence-electron chi connectivity index (χ1n) is 7.64. The second-order valence-electron chi connectivity index (χ2n) is 6.89. The highest BCUT2D eigenvalue weighted by Gasteiger charge is 2.58. The summed E-state index contributed by atoms with van der Waals surface area (Å²) in [5, 5.41) is 3.08. The molecule has 1 N–H and O–H groups in total. The van der Waals surface area contributed by atoms with Crippen LogP contribution < -0.4 is 10.2 Å². The maximum atomic E-state index is 12.2. The second kappa shape index (κ2) is 5.81. The standard InChI is InChI=1S/C16H26N2O3S/c1-10-11(2)22-14(20)18(10)8-7-13(19)17-12-9-16(5,21-6)15(12,3)4/h12H,7-9H2,1-6H3,(H,17,19)/t12-,16-/m0/s1. The summed E-state index contributed by atoms with van der Waals surface area (Å²) in [5.41, 5.74) is 0.672. The summed E-state index contributed by atoms with van der Waals surface area (Å²) in [5.74, 6) is -0.00798. The van der Waals surface area contributed by atoms with Crippen molar-refractivity contribution in [1.29, 1.82) is 0 Å². The first-order valence-corrected chi connectivity index (χ1v) is 8.45. The van der Waals surface area contributed by atoms with Crippen LogP contribution in [-0.4, -0.2) is 29.2 Å². The molecule has 1 aliphatic carbocycles. The van der Waals surface area contributed by atoms with E-state index in [1.807, 2.05) is 13.8 Å². The van der Waals surface area contributed by atoms with Crippen LogP contribution in [-0.2, 0) is 16.1 Å². The van der Waals surface area contributed by atoms with Crippen LogP contribution >= 0.6 is 11.3 Å². The van der Waals surface area contributed by atoms with Crippen molar-refractivity contribution in [3.63, 3.8) is 0 Å². The Labute approximate surface area is 135 Å². The Morgan fingerprint density at radius 3 is 2.50 bits per heavy atom. The third-order valence-electron chi connectivity index (χ3n) is 5.55. The molecule has 1 saturated carbocycles. The maximum Gasteiger partial charge on any atom is 0.307 e. The van der Waals surface area contributed by atoms with Crippen molar-refractivity contribution in [3.05, 3.63) is 20.2 Å². The number of hydrogen-bond donors (Lipinski definition) is 1. The van der Waals surface area contributed by atoms with Crippen LogP contribution in [0.2, 0.25) is 0 Å². The van der Waals surface area contributed by atoms with E-state index in [1.54, 1.807) is 11.7 Å². The van der Waals surface area contributed by atoms with E-state index < -0.39 is 0 Å². The summed E-state index contributed by atoms with van der Waals surface area (Å²) in [4.78, 5) is 25.0. The molecular formula is C16H26N2O3S. The van der Waals surface area contributed by atoms with Gasteiger partial charge in [0.05, 0.1) is 5.60 Å². The van der Waals surface area contributed by atoms with E-state index in [9.17, 15) is 9.59 Å². The zero-order valence-electron chi connectivity index (χ0n) is 14.3. The van der Waals surface area contributed by atoms with Gasteiger partial charge in [0.25, 0.3) is 0 Å². The fourth-order valence-corrected chi connectivity index (χ4v) is 3.91. The van der Waals surface area contributed by atoms with Gasteiger partial charge in [-0.1, -0.05) is 25.2 Å². The van der Waals surface area contributed by atoms with Gasteiger partial charge in [-0.3, -0.25) is 9.59 Å². The van der Waals surface area contributed by atoms with Crippen molar-refractivity contribution in [2.75, 3.05) is 7.11 Å². The number of ether oxygens (including phenoxy) is 1. The lowest BCUT2D eigenvalue weighted by Crippen LogP contribution is -2.68. The van der Waals surface area contributed by atoms with E-state index in [1.165, 1.54) is 11.3 Å². The van der Waals surface area contributed by atoms with Crippen LogP contribution in [0, 0.1) is 19.3 Å². The fourth-order valence-electron chi connectivity index (χ4n) is 3.05. The van der Waals surface area contributed by atoms with Crippen LogP contribution in [0.1, 0.15) is 44.2 Å². The molecule has 6 heteroatoms. The van der Waals surface area contributed by atoms with Crippen LogP contribution in [0.25, 0.3) is 0 Å². The second-order valence-corrected chi connectivity index (χ2v) is 8.06. The van der Waals surface area contributed by atoms with Gasteiger partial charge in [-0.25, -0.2) is 0 Å². The average Bonchev–Trinajstić information content (AvgIpc) is 2.69. The number of rotatable bonds is 5. The fraction of sp³-hybridized carbons (Fsp3) is 0.750. The third kappa shape index (κ3) is 2.74. The summed E-state index contributed by atoms with van der Waals surface area (Å²) < 4.78 is 7.25. The van der Waals surface area contributed by atoms with Crippen LogP contribution in [0.3, 0.4) is 0 Å². The van der Waals surface area contributed by atoms with Crippen molar-refractivity contribution >= 4 is 17.2 Å². The molecule has 5 nitrogen and oxygen atoms in total. The number of hydrogen-bond acceptors (Lipinski definition) is 4. The molecule has 0 bridgehead atoms. The molecule has 0 radical (unpaired) electrons. The molecule has 1 aromatic rings. The molecule has 2 rings (SSSR count). The molecule has 1 fully saturated rings. The lowest BCUT2D eigenvalue weighted by atomic mass is 9.56. The van der Waals surface area contributed by atoms with Gasteiger partial charge in [0, 0.05) is 42.1 Å². The van der Waals surface area contributed by atoms with Gasteiger partial charge in [0.15, 0.2) is 0 Å². The molecule has 0 aromatic carbocycles. The predicted octanol–water partition coefficient (Wildman–Crippen LogP) is 2.24. The van der Waals surface area contributed by atoms with E-state index in [0.29, 0.717) is 13.0 Å². The van der Waals surface area contributed by atoms with Crippen LogP contribution in [0.15, 0.2) is 4.79 Å². The van der Waals surface area contributed by atoms with Gasteiger partial charge in [-0.2, -0.15) is 0 Å². The Morgan fingerprint density at radius 2 is 2.05 bits per heavy atom. The molecule has 1 aromatic heterocycles. The van der Waals surface area contributed by atoms with E-state index in [4.69, 9.17) is 4.74 Å². The number of carbonyl (C=O) groups is 1. The Bertz CT molecular complexity index is 632. The highest BCUT2D eigenvalue weighted by Crippen LogP contribution is 2.51. The normalized spacial score (nSPS) is 26.5. The molecular weight excluding hydrogens is 300 g/mol. The molecule has 0 spiro atoms. The van der Waals surface area contributed by atoms with Gasteiger partial charge in [-0.05, 0) is 27.2 Å². The van der Waals surface area contributed by atoms with Gasteiger partial charge >= 0.3 is 4.87 Å². The van der Waals surface area contributed by atoms with E-state index in [2.05, 4.69) is 26.1 Å². The van der Waals surface area contributed by atoms with Crippen molar-refractivity contribution in [3.8, 4) is 0 Å². The van der Waals surface area contributed by atoms with E-state index >= 15 is 0 Å². The van der Waals surface area contributed by atoms with Crippen molar-refractivity contribution in [2.24, 2.45) is 5.41 Å². The molecule has 1 amide bonds. The minimum Gasteiger partial charge on any atom is -0.378 e. The van der Waals surface area contributed by atoms with Crippen LogP contribution in [0.5, 0.6) is 0 Å². The maximum absolute atomic E-state index is 12.2. The Hall–Kier alpha value is -1.14. The molecule has 0 saturated heterocycles. The largest absolute Gasteiger partial charge is 0.378 e. The predicted molar refractivity (Wildman–Crippen MR) is 88.4 cm³/mol. The van der Waals surface area contributed by atoms with E-state index in [-0.39, 0.29) is 27.8 Å². The highest BCUT2D eigenvalue weighted by atomic mass is 32.1. The number of thiazole rings is 1. The first-order chi connectivity index (χ1) is 10.1. The van der Waals surface area contributed by atoms with Gasteiger partial charge in [0.2, 0.25) is 5.91 Å². The zero-order chi connectivity index (χ0) is 16.7. The molecule has 1 heterocycles. The average molecular weight is 326 g/mol. The Kier molecular flexibility index (Phi) is 4.55. The summed E-state index contributed by atoms with van der Waals surface area (Å²) >= 11 is 1.24. The van der Waals surface area contributed by atoms with Crippen LogP contribution in [0.4, 0.5) is 0 Å². The van der Waals surface area contributed by atoms with Crippen molar-refractivity contribution < 1.29 is 9.53 Å². The van der Waals surface area contributed by atoms with Gasteiger partial charge < -0.3 is 14.6 Å². The molecule has 124 valence electrons. The lowest BCUT2D eigenvalue weighted by molar-refractivity contribution is -0.182. The van der Waals surface area contributed by atoms with Gasteiger partial charge in [0.1, 0.15) is 0 Å². The first kappa shape index (κ1) is 17.2. The number of carbonyl (C=O) groups excluding carboxylic acids is 1. The molecule has 22 heavy (non-hydrogen) atoms. The smallest absolute Gasteiger partial charge is 0.307 e. The SMILES string of the molecule is CO[C@@]1(C)C[C@H](NC(=O)CCn2c(C)c(C)sc2=O)C1(C)C. The quantitative estimate of drug-likeness (QED) is 0.903. The zero-order valence-corrected chi connectivity index (χ0v) is 15.1. The monoisotopic (exact) mass is 326 g/mol. The molecule has 2 atom stereocenters. The highest BCUT2D eigenvalue weighted by molar-refractivity contribution is 7.09. The molecule has 0 unspecified atom stereocenters. The number of nitrogens with one attached hydrogen (secondary N) is 1. The Balaban J connectivity index is 1.91. The Morgan fingerprint density at radius 1 is 1.41 bits per heavy atom. The number of amides is 1. The molecule has 0 aliphatic heterocycles. The van der Waals surface area contributed by atoms with Crippen molar-refractivity contribution in [2.45, 2.75) is 65.6 Å². The minimum atomic E-state index is -0.192. The summed E-state index contributed by atoms with van der Waals surface area (Å²) in [7, 11) is 1.72. The van der Waals surface area contributed by atoms with E-state index in [0.717, 1.165) is 17.0 Å². The number of aromatic nitrogens is 1. The minimum absolute atomic E-state index is 0.00798. The van der Waals surface area contributed by atoms with Gasteiger partial charge in [-0.15, -0.1) is 0 Å². The lowest BCUT2D eigenvalue weighted by Gasteiger charge is -2.59. The summed E-state index contributed by atoms with van der Waals surface area (Å²) in [6.45, 7) is 10.6. The number of nitrogens with zero attached hydrogens (tertiary/aromatic N) is 1. The number of aryl methyl sites for hydroxylation is 1.